The van der Waals surface area contributed by atoms with Gasteiger partial charge >= 0.3 is 0 Å². The van der Waals surface area contributed by atoms with Crippen molar-refractivity contribution in [1.29, 1.82) is 0 Å². The fourth-order valence-corrected chi connectivity index (χ4v) is 6.31. The lowest BCUT2D eigenvalue weighted by Gasteiger charge is -2.31. The number of aliphatic hydroxyl groups excluding tert-OH is 1. The van der Waals surface area contributed by atoms with Gasteiger partial charge in [0.25, 0.3) is 0 Å². The van der Waals surface area contributed by atoms with E-state index in [1.165, 1.54) is 0 Å². The van der Waals surface area contributed by atoms with Crippen molar-refractivity contribution in [2.75, 3.05) is 44.2 Å². The van der Waals surface area contributed by atoms with E-state index in [1.807, 2.05) is 0 Å². The third-order valence-corrected chi connectivity index (χ3v) is 8.39. The Kier molecular flexibility index (Phi) is 6.54. The Morgan fingerprint density at radius 3 is 2.52 bits per heavy atom. The Morgan fingerprint density at radius 2 is 1.90 bits per heavy atom. The summed E-state index contributed by atoms with van der Waals surface area (Å²) >= 11 is 0. The van der Waals surface area contributed by atoms with Crippen LogP contribution in [0.2, 0.25) is 0 Å². The molecule has 1 aromatic heterocycles. The van der Waals surface area contributed by atoms with Crippen LogP contribution in [0.5, 0.6) is 0 Å². The molecule has 2 unspecified atom stereocenters. The number of aryl methyl sites for hydroxylation is 1. The molecule has 1 saturated carbocycles. The van der Waals surface area contributed by atoms with E-state index in [4.69, 9.17) is 0 Å². The summed E-state index contributed by atoms with van der Waals surface area (Å²) in [7, 11) is -3.91. The van der Waals surface area contributed by atoms with Crippen LogP contribution in [0.15, 0.2) is 17.2 Å². The van der Waals surface area contributed by atoms with Crippen molar-refractivity contribution in [3.05, 3.63) is 17.8 Å². The van der Waals surface area contributed by atoms with Crippen molar-refractivity contribution in [3.8, 4) is 0 Å². The van der Waals surface area contributed by atoms with Crippen molar-refractivity contribution >= 4 is 15.8 Å². The molecular weight excluding hydrogens is 426 g/mol. The molecule has 31 heavy (non-hydrogen) atoms. The molecule has 4 rings (SSSR count). The summed E-state index contributed by atoms with van der Waals surface area (Å²) in [5.41, 5.74) is 0.696. The predicted molar refractivity (Wildman–Crippen MR) is 114 cm³/mol. The highest BCUT2D eigenvalue weighted by Crippen LogP contribution is 2.55. The second kappa shape index (κ2) is 8.88. The second-order valence-electron chi connectivity index (χ2n) is 9.47. The monoisotopic (exact) mass is 458 g/mol. The number of nitrogens with zero attached hydrogens (tertiary/aromatic N) is 3. The van der Waals surface area contributed by atoms with Gasteiger partial charge in [-0.05, 0) is 62.2 Å². The summed E-state index contributed by atoms with van der Waals surface area (Å²) in [6.07, 6.45) is 0.630. The number of hydrogen-bond acceptors (Lipinski definition) is 6. The average molecular weight is 459 g/mol. The van der Waals surface area contributed by atoms with E-state index < -0.39 is 28.5 Å². The van der Waals surface area contributed by atoms with Crippen LogP contribution in [0.3, 0.4) is 0 Å². The average Bonchev–Trinajstić information content (AvgIpc) is 3.23. The maximum Gasteiger partial charge on any atom is 0.244 e. The molecule has 0 aromatic carbocycles. The highest BCUT2D eigenvalue weighted by Gasteiger charge is 2.60. The minimum absolute atomic E-state index is 0.0430. The number of nitrogens with one attached hydrogen (secondary N) is 1. The second-order valence-corrected chi connectivity index (χ2v) is 11.2. The topological polar surface area (TPSA) is 85.8 Å². The van der Waals surface area contributed by atoms with Crippen LogP contribution in [-0.2, 0) is 10.0 Å². The van der Waals surface area contributed by atoms with Gasteiger partial charge in [-0.25, -0.2) is 26.9 Å². The van der Waals surface area contributed by atoms with Crippen molar-refractivity contribution in [2.45, 2.75) is 44.1 Å². The first-order valence-electron chi connectivity index (χ1n) is 11.1. The zero-order valence-electron chi connectivity index (χ0n) is 18.0. The minimum Gasteiger partial charge on any atom is -0.390 e. The normalized spacial score (nSPS) is 28.2. The Bertz CT molecular complexity index is 881. The molecule has 1 aromatic rings. The number of halogens is 2. The number of hydrogen-bond donors (Lipinski definition) is 2. The number of rotatable bonds is 8. The molecule has 0 spiro atoms. The van der Waals surface area contributed by atoms with Crippen LogP contribution >= 0.6 is 0 Å². The molecule has 0 radical (unpaired) electrons. The molecule has 3 heterocycles. The maximum absolute atomic E-state index is 13.0. The number of likely N-dealkylation sites (tertiary alicyclic amines) is 1. The van der Waals surface area contributed by atoms with Crippen LogP contribution in [0, 0.1) is 30.6 Å². The Labute approximate surface area is 182 Å². The Hall–Kier alpha value is -1.36. The van der Waals surface area contributed by atoms with Gasteiger partial charge in [0, 0.05) is 38.3 Å². The summed E-state index contributed by atoms with van der Waals surface area (Å²) < 4.78 is 54.6. The largest absolute Gasteiger partial charge is 0.390 e. The van der Waals surface area contributed by atoms with E-state index in [1.54, 1.807) is 24.1 Å². The van der Waals surface area contributed by atoms with Gasteiger partial charge in [0.05, 0.1) is 6.10 Å². The molecule has 2 N–H and O–H groups in total. The number of pyridine rings is 1. The van der Waals surface area contributed by atoms with Crippen molar-refractivity contribution < 1.29 is 22.3 Å². The zero-order chi connectivity index (χ0) is 22.3. The molecule has 0 bridgehead atoms. The van der Waals surface area contributed by atoms with Gasteiger partial charge in [-0.1, -0.05) is 6.92 Å². The molecule has 10 heteroatoms. The molecule has 3 fully saturated rings. The first-order chi connectivity index (χ1) is 14.7. The van der Waals surface area contributed by atoms with Gasteiger partial charge in [0.15, 0.2) is 0 Å². The molecule has 1 aliphatic carbocycles. The molecule has 2 aliphatic heterocycles. The van der Waals surface area contributed by atoms with Crippen LogP contribution in [-0.4, -0.2) is 75.2 Å². The lowest BCUT2D eigenvalue weighted by molar-refractivity contribution is 0.0942. The first-order valence-corrected chi connectivity index (χ1v) is 12.5. The van der Waals surface area contributed by atoms with Gasteiger partial charge in [-0.15, -0.1) is 0 Å². The summed E-state index contributed by atoms with van der Waals surface area (Å²) in [5.74, 6) is 0.221. The molecule has 4 atom stereocenters. The van der Waals surface area contributed by atoms with E-state index >= 15 is 0 Å². The smallest absolute Gasteiger partial charge is 0.244 e. The van der Waals surface area contributed by atoms with Crippen molar-refractivity contribution in [3.63, 3.8) is 0 Å². The van der Waals surface area contributed by atoms with Crippen LogP contribution in [0.4, 0.5) is 14.6 Å². The minimum atomic E-state index is -3.91. The van der Waals surface area contributed by atoms with Gasteiger partial charge in [-0.2, -0.15) is 0 Å². The molecule has 0 amide bonds. The van der Waals surface area contributed by atoms with Gasteiger partial charge in [-0.3, -0.25) is 0 Å². The molecular formula is C21H32F2N4O3S. The lowest BCUT2D eigenvalue weighted by Crippen LogP contribution is -2.43. The first kappa shape index (κ1) is 22.8. The summed E-state index contributed by atoms with van der Waals surface area (Å²) in [6, 6.07) is 1.55. The van der Waals surface area contributed by atoms with E-state index in [2.05, 4.69) is 21.5 Å². The number of alkyl halides is 2. The van der Waals surface area contributed by atoms with Crippen LogP contribution in [0.1, 0.15) is 25.3 Å². The third kappa shape index (κ3) is 5.02. The predicted octanol–water partition coefficient (Wildman–Crippen LogP) is 1.71. The standard InChI is InChI=1S/C21H32F2N4O3S/c1-13-3-5-26(6-4-13)10-15(28)9-25-31(29,30)18-7-14(2)8-24-21(18)27-11-16-17(12-27)19(16)20(22)23/h7-8,13,15-17,19-20,25,28H,3-6,9-12H2,1-2H3/t15?,16-,17+,19?. The van der Waals surface area contributed by atoms with E-state index in [0.29, 0.717) is 36.9 Å². The van der Waals surface area contributed by atoms with Crippen LogP contribution in [0.25, 0.3) is 0 Å². The lowest BCUT2D eigenvalue weighted by atomic mass is 9.99. The fourth-order valence-electron chi connectivity index (χ4n) is 4.98. The summed E-state index contributed by atoms with van der Waals surface area (Å²) in [5, 5.41) is 10.4. The number of aliphatic hydroxyl groups is 1. The van der Waals surface area contributed by atoms with E-state index in [9.17, 15) is 22.3 Å². The summed E-state index contributed by atoms with van der Waals surface area (Å²) in [4.78, 5) is 8.33. The Balaban J connectivity index is 1.39. The van der Waals surface area contributed by atoms with Crippen molar-refractivity contribution in [2.24, 2.45) is 23.7 Å². The highest BCUT2D eigenvalue weighted by molar-refractivity contribution is 7.89. The molecule has 174 valence electrons. The number of fused-ring (bicyclic) bond motifs is 1. The van der Waals surface area contributed by atoms with E-state index in [-0.39, 0.29) is 23.3 Å². The Morgan fingerprint density at radius 1 is 1.26 bits per heavy atom. The third-order valence-electron chi connectivity index (χ3n) is 6.96. The molecule has 3 aliphatic rings. The van der Waals surface area contributed by atoms with Gasteiger partial charge in [0.2, 0.25) is 16.4 Å². The number of anilines is 1. The molecule has 7 nitrogen and oxygen atoms in total. The zero-order valence-corrected chi connectivity index (χ0v) is 18.9. The van der Waals surface area contributed by atoms with Crippen molar-refractivity contribution in [1.82, 2.24) is 14.6 Å². The van der Waals surface area contributed by atoms with E-state index in [0.717, 1.165) is 25.9 Å². The molecule has 2 saturated heterocycles. The highest BCUT2D eigenvalue weighted by atomic mass is 32.2. The maximum atomic E-state index is 13.0. The summed E-state index contributed by atoms with van der Waals surface area (Å²) in [6.45, 7) is 6.94. The van der Waals surface area contributed by atoms with Crippen LogP contribution < -0.4 is 9.62 Å². The van der Waals surface area contributed by atoms with Gasteiger partial charge in [0.1, 0.15) is 10.7 Å². The quantitative estimate of drug-likeness (QED) is 0.617. The number of piperidine rings is 2. The number of β-amino-alcohol motifs (C(OH)–C–C–N with tert-alkyl or cyclic N) is 1. The SMILES string of the molecule is Cc1cnc(N2C[C@@H]3C(C(F)F)[C@@H]3C2)c(S(=O)(=O)NCC(O)CN2CCC(C)CC2)c1. The number of aromatic nitrogens is 1. The van der Waals surface area contributed by atoms with Gasteiger partial charge < -0.3 is 14.9 Å². The number of sulfonamides is 1. The fraction of sp³-hybridized carbons (Fsp3) is 0.762.